The van der Waals surface area contributed by atoms with Crippen LogP contribution in [0.15, 0.2) is 0 Å². The molecule has 26 heavy (non-hydrogen) atoms. The third-order valence-corrected chi connectivity index (χ3v) is 5.86. The van der Waals surface area contributed by atoms with Crippen molar-refractivity contribution < 1.29 is 14.3 Å². The van der Waals surface area contributed by atoms with Crippen molar-refractivity contribution in [3.63, 3.8) is 0 Å². The minimum absolute atomic E-state index is 0.0141. The fraction of sp³-hybridized carbons (Fsp3) is 0.789. The van der Waals surface area contributed by atoms with Gasteiger partial charge < -0.3 is 20.1 Å². The number of ether oxygens (including phenoxy) is 2. The van der Waals surface area contributed by atoms with Gasteiger partial charge in [0.15, 0.2) is 0 Å². The smallest absolute Gasteiger partial charge is 0.223 e. The summed E-state index contributed by atoms with van der Waals surface area (Å²) < 4.78 is 11.2. The van der Waals surface area contributed by atoms with Crippen LogP contribution in [0.2, 0.25) is 0 Å². The Bertz CT molecular complexity index is 578. The lowest BCUT2D eigenvalue weighted by Gasteiger charge is -2.38. The van der Waals surface area contributed by atoms with Gasteiger partial charge in [-0.3, -0.25) is 9.89 Å². The van der Waals surface area contributed by atoms with Crippen molar-refractivity contribution in [1.29, 1.82) is 0 Å². The first-order valence-corrected chi connectivity index (χ1v) is 9.73. The second-order valence-corrected chi connectivity index (χ2v) is 7.57. The van der Waals surface area contributed by atoms with Crippen LogP contribution in [0.4, 0.5) is 0 Å². The molecule has 1 saturated heterocycles. The normalized spacial score (nSPS) is 27.4. The van der Waals surface area contributed by atoms with Crippen LogP contribution in [-0.2, 0) is 20.8 Å². The molecule has 7 heteroatoms. The van der Waals surface area contributed by atoms with Crippen molar-refractivity contribution >= 4 is 5.91 Å². The van der Waals surface area contributed by atoms with Gasteiger partial charge in [0.1, 0.15) is 0 Å². The number of H-pyrrole nitrogens is 1. The first-order chi connectivity index (χ1) is 12.6. The highest BCUT2D eigenvalue weighted by Crippen LogP contribution is 2.28. The number of amides is 1. The average Bonchev–Trinajstić information content (AvgIpc) is 2.98. The summed E-state index contributed by atoms with van der Waals surface area (Å²) in [5.74, 6) is 0.136. The van der Waals surface area contributed by atoms with Crippen LogP contribution in [0.3, 0.4) is 0 Å². The van der Waals surface area contributed by atoms with E-state index < -0.39 is 0 Å². The molecule has 2 aliphatic rings. The first-order valence-electron chi connectivity index (χ1n) is 9.73. The number of aromatic amines is 1. The lowest BCUT2D eigenvalue weighted by Crippen LogP contribution is -2.52. The summed E-state index contributed by atoms with van der Waals surface area (Å²) in [5.41, 5.74) is 3.04. The molecule has 0 radical (unpaired) electrons. The molecule has 1 aliphatic heterocycles. The number of hydrogen-bond acceptors (Lipinski definition) is 5. The van der Waals surface area contributed by atoms with Gasteiger partial charge >= 0.3 is 0 Å². The predicted molar refractivity (Wildman–Crippen MR) is 98.8 cm³/mol. The lowest BCUT2D eigenvalue weighted by atomic mass is 9.82. The number of nitrogens with zero attached hydrogens (tertiary/aromatic N) is 1. The second-order valence-electron chi connectivity index (χ2n) is 7.57. The molecule has 2 heterocycles. The molecule has 1 saturated carbocycles. The van der Waals surface area contributed by atoms with Gasteiger partial charge in [-0.05, 0) is 46.0 Å². The van der Waals surface area contributed by atoms with Gasteiger partial charge in [-0.2, -0.15) is 5.10 Å². The van der Waals surface area contributed by atoms with Crippen molar-refractivity contribution in [2.45, 2.75) is 70.7 Å². The minimum atomic E-state index is 0.0141. The minimum Gasteiger partial charge on any atom is -0.381 e. The summed E-state index contributed by atoms with van der Waals surface area (Å²) in [6, 6.07) is 0.828. The summed E-state index contributed by atoms with van der Waals surface area (Å²) in [6.07, 6.45) is 4.83. The lowest BCUT2D eigenvalue weighted by molar-refractivity contribution is -0.128. The highest BCUT2D eigenvalue weighted by Gasteiger charge is 2.35. The molecule has 3 rings (SSSR count). The Morgan fingerprint density at radius 2 is 2.04 bits per heavy atom. The van der Waals surface area contributed by atoms with E-state index in [0.717, 1.165) is 62.3 Å². The summed E-state index contributed by atoms with van der Waals surface area (Å²) in [6.45, 7) is 6.14. The number of nitrogens with one attached hydrogen (secondary N) is 3. The number of rotatable bonds is 6. The quantitative estimate of drug-likeness (QED) is 0.713. The SMILES string of the molecule is CO[C@@H]1C[C@@H](C(=O)NCc2c(C)n[nH]c2C)CC[C@H]1NC1CCOCC1. The topological polar surface area (TPSA) is 88.3 Å². The van der Waals surface area contributed by atoms with Crippen molar-refractivity contribution in [3.8, 4) is 0 Å². The maximum absolute atomic E-state index is 12.6. The molecule has 1 aromatic heterocycles. The molecule has 2 fully saturated rings. The van der Waals surface area contributed by atoms with E-state index in [2.05, 4.69) is 20.8 Å². The zero-order valence-electron chi connectivity index (χ0n) is 16.1. The van der Waals surface area contributed by atoms with Crippen molar-refractivity contribution in [2.24, 2.45) is 5.92 Å². The van der Waals surface area contributed by atoms with Crippen molar-refractivity contribution in [1.82, 2.24) is 20.8 Å². The molecule has 7 nitrogen and oxygen atoms in total. The van der Waals surface area contributed by atoms with Gasteiger partial charge in [0, 0.05) is 56.1 Å². The second kappa shape index (κ2) is 8.97. The number of hydrogen-bond donors (Lipinski definition) is 3. The zero-order chi connectivity index (χ0) is 18.5. The molecular formula is C19H32N4O3. The van der Waals surface area contributed by atoms with E-state index in [4.69, 9.17) is 9.47 Å². The van der Waals surface area contributed by atoms with Crippen LogP contribution in [0.5, 0.6) is 0 Å². The molecule has 3 N–H and O–H groups in total. The molecule has 146 valence electrons. The summed E-state index contributed by atoms with van der Waals surface area (Å²) in [4.78, 5) is 12.6. The van der Waals surface area contributed by atoms with Crippen molar-refractivity contribution in [2.75, 3.05) is 20.3 Å². The van der Waals surface area contributed by atoms with Gasteiger partial charge in [0.25, 0.3) is 0 Å². The van der Waals surface area contributed by atoms with Crippen LogP contribution in [-0.4, -0.2) is 54.6 Å². The van der Waals surface area contributed by atoms with E-state index in [1.165, 1.54) is 0 Å². The van der Waals surface area contributed by atoms with Gasteiger partial charge in [-0.15, -0.1) is 0 Å². The fourth-order valence-corrected chi connectivity index (χ4v) is 4.14. The van der Waals surface area contributed by atoms with E-state index in [0.29, 0.717) is 18.6 Å². The maximum atomic E-state index is 12.6. The Hall–Kier alpha value is -1.44. The van der Waals surface area contributed by atoms with E-state index in [-0.39, 0.29) is 17.9 Å². The molecule has 1 aromatic rings. The van der Waals surface area contributed by atoms with E-state index in [1.807, 2.05) is 13.8 Å². The molecular weight excluding hydrogens is 332 g/mol. The summed E-state index contributed by atoms with van der Waals surface area (Å²) in [5, 5.41) is 14.0. The number of methoxy groups -OCH3 is 1. The third kappa shape index (κ3) is 4.64. The van der Waals surface area contributed by atoms with Crippen molar-refractivity contribution in [3.05, 3.63) is 17.0 Å². The number of carbonyl (C=O) groups is 1. The molecule has 0 spiro atoms. The van der Waals surface area contributed by atoms with E-state index in [9.17, 15) is 4.79 Å². The highest BCUT2D eigenvalue weighted by atomic mass is 16.5. The third-order valence-electron chi connectivity index (χ3n) is 5.86. The fourth-order valence-electron chi connectivity index (χ4n) is 4.14. The molecule has 3 atom stereocenters. The first kappa shape index (κ1) is 19.3. The van der Waals surface area contributed by atoms with Gasteiger partial charge in [-0.25, -0.2) is 0 Å². The van der Waals surface area contributed by atoms with Gasteiger partial charge in [0.2, 0.25) is 5.91 Å². The Morgan fingerprint density at radius 1 is 1.27 bits per heavy atom. The predicted octanol–water partition coefficient (Wildman–Crippen LogP) is 1.60. The van der Waals surface area contributed by atoms with Crippen LogP contribution in [0.25, 0.3) is 0 Å². The Morgan fingerprint density at radius 3 is 2.69 bits per heavy atom. The monoisotopic (exact) mass is 364 g/mol. The molecule has 1 aliphatic carbocycles. The number of carbonyl (C=O) groups excluding carboxylic acids is 1. The zero-order valence-corrected chi connectivity index (χ0v) is 16.1. The highest BCUT2D eigenvalue weighted by molar-refractivity contribution is 5.78. The Kier molecular flexibility index (Phi) is 6.67. The summed E-state index contributed by atoms with van der Waals surface area (Å²) >= 11 is 0. The van der Waals surface area contributed by atoms with Crippen LogP contribution < -0.4 is 10.6 Å². The maximum Gasteiger partial charge on any atom is 0.223 e. The number of aryl methyl sites for hydroxylation is 2. The molecule has 0 unspecified atom stereocenters. The Labute approximate surface area is 155 Å². The van der Waals surface area contributed by atoms with E-state index >= 15 is 0 Å². The molecule has 0 bridgehead atoms. The molecule has 0 aromatic carbocycles. The average molecular weight is 364 g/mol. The van der Waals surface area contributed by atoms with Crippen LogP contribution >= 0.6 is 0 Å². The van der Waals surface area contributed by atoms with Crippen LogP contribution in [0.1, 0.15) is 49.1 Å². The molecule has 1 amide bonds. The summed E-state index contributed by atoms with van der Waals surface area (Å²) in [7, 11) is 1.75. The van der Waals surface area contributed by atoms with E-state index in [1.54, 1.807) is 7.11 Å². The van der Waals surface area contributed by atoms with Gasteiger partial charge in [0.05, 0.1) is 11.8 Å². The Balaban J connectivity index is 1.50. The van der Waals surface area contributed by atoms with Gasteiger partial charge in [-0.1, -0.05) is 0 Å². The largest absolute Gasteiger partial charge is 0.381 e. The van der Waals surface area contributed by atoms with Crippen LogP contribution in [0, 0.1) is 19.8 Å². The number of aromatic nitrogens is 2. The standard InChI is InChI=1S/C19H32N4O3/c1-12-16(13(2)23-22-12)11-20-19(24)14-4-5-17(18(10-14)25-3)21-15-6-8-26-9-7-15/h14-15,17-18,21H,4-11H2,1-3H3,(H,20,24)(H,22,23)/t14-,17+,18+/m0/s1.